The number of aryl methyl sites for hydroxylation is 1. The van der Waals surface area contributed by atoms with Crippen LogP contribution in [0.3, 0.4) is 0 Å². The molecule has 29 heavy (non-hydrogen) atoms. The number of nitrogens with zero attached hydrogens (tertiary/aromatic N) is 2. The first kappa shape index (κ1) is 20.6. The molecule has 1 aromatic heterocycles. The molecule has 0 saturated heterocycles. The van der Waals surface area contributed by atoms with Crippen LogP contribution in [0.4, 0.5) is 10.6 Å². The van der Waals surface area contributed by atoms with Crippen molar-refractivity contribution >= 4 is 41.0 Å². The molecule has 3 aromatic rings. The Labute approximate surface area is 177 Å². The number of carbonyl (C=O) groups excluding carboxylic acids is 2. The summed E-state index contributed by atoms with van der Waals surface area (Å²) in [6.45, 7) is 1.77. The number of ether oxygens (including phenoxy) is 1. The Kier molecular flexibility index (Phi) is 6.31. The lowest BCUT2D eigenvalue weighted by Gasteiger charge is -2.10. The number of halogens is 2. The van der Waals surface area contributed by atoms with Crippen LogP contribution in [0.2, 0.25) is 10.0 Å². The summed E-state index contributed by atoms with van der Waals surface area (Å²) < 4.78 is 5.14. The van der Waals surface area contributed by atoms with Gasteiger partial charge in [-0.2, -0.15) is 0 Å². The van der Waals surface area contributed by atoms with Gasteiger partial charge in [0.15, 0.2) is 5.82 Å². The average Bonchev–Trinajstić information content (AvgIpc) is 2.68. The van der Waals surface area contributed by atoms with Crippen molar-refractivity contribution in [2.24, 2.45) is 0 Å². The van der Waals surface area contributed by atoms with Crippen molar-refractivity contribution in [2.75, 3.05) is 12.4 Å². The number of anilines is 1. The zero-order valence-corrected chi connectivity index (χ0v) is 17.0. The van der Waals surface area contributed by atoms with E-state index >= 15 is 0 Å². The minimum Gasteiger partial charge on any atom is -0.497 e. The molecule has 2 aromatic carbocycles. The molecular formula is C20H16Cl2N4O3. The van der Waals surface area contributed by atoms with Gasteiger partial charge in [-0.15, -0.1) is 0 Å². The van der Waals surface area contributed by atoms with Crippen LogP contribution in [0.5, 0.6) is 5.75 Å². The Balaban J connectivity index is 1.71. The highest BCUT2D eigenvalue weighted by Gasteiger charge is 2.17. The fourth-order valence-corrected chi connectivity index (χ4v) is 3.17. The number of imide groups is 1. The molecule has 3 rings (SSSR count). The Morgan fingerprint density at radius 1 is 1.03 bits per heavy atom. The SMILES string of the molecule is COc1ccc(-c2ncc(NC(=O)NC(=O)c3c(Cl)cccc3Cl)nc2C)cc1. The number of rotatable bonds is 4. The van der Waals surface area contributed by atoms with Gasteiger partial charge in [0.2, 0.25) is 0 Å². The lowest BCUT2D eigenvalue weighted by Crippen LogP contribution is -2.35. The van der Waals surface area contributed by atoms with E-state index in [4.69, 9.17) is 27.9 Å². The van der Waals surface area contributed by atoms with Crippen molar-refractivity contribution in [3.05, 3.63) is 70.0 Å². The highest BCUT2D eigenvalue weighted by molar-refractivity contribution is 6.40. The molecule has 0 aliphatic rings. The standard InChI is InChI=1S/C20H16Cl2N4O3/c1-11-18(12-6-8-13(29-2)9-7-12)23-10-16(24-11)25-20(28)26-19(27)17-14(21)4-3-5-15(17)22/h3-10H,1-2H3,(H2,24,25,26,27,28). The van der Waals surface area contributed by atoms with E-state index in [1.54, 1.807) is 20.1 Å². The first-order valence-electron chi connectivity index (χ1n) is 8.43. The van der Waals surface area contributed by atoms with Crippen LogP contribution >= 0.6 is 23.2 Å². The highest BCUT2D eigenvalue weighted by atomic mass is 35.5. The predicted octanol–water partition coefficient (Wildman–Crippen LogP) is 4.73. The van der Waals surface area contributed by atoms with E-state index in [0.29, 0.717) is 11.4 Å². The van der Waals surface area contributed by atoms with Crippen LogP contribution in [0.1, 0.15) is 16.1 Å². The van der Waals surface area contributed by atoms with Gasteiger partial charge in [-0.3, -0.25) is 20.4 Å². The number of benzene rings is 2. The molecule has 0 atom stereocenters. The van der Waals surface area contributed by atoms with Crippen molar-refractivity contribution < 1.29 is 14.3 Å². The molecule has 0 spiro atoms. The number of aromatic nitrogens is 2. The van der Waals surface area contributed by atoms with Gasteiger partial charge in [-0.05, 0) is 43.3 Å². The van der Waals surface area contributed by atoms with Gasteiger partial charge in [0.05, 0.1) is 40.3 Å². The van der Waals surface area contributed by atoms with Gasteiger partial charge >= 0.3 is 6.03 Å². The zero-order chi connectivity index (χ0) is 21.0. The molecule has 0 radical (unpaired) electrons. The molecule has 0 unspecified atom stereocenters. The number of amides is 3. The normalized spacial score (nSPS) is 10.3. The fourth-order valence-electron chi connectivity index (χ4n) is 2.60. The summed E-state index contributed by atoms with van der Waals surface area (Å²) in [7, 11) is 1.59. The largest absolute Gasteiger partial charge is 0.497 e. The summed E-state index contributed by atoms with van der Waals surface area (Å²) in [4.78, 5) is 33.1. The second kappa shape index (κ2) is 8.89. The van der Waals surface area contributed by atoms with Crippen LogP contribution in [0.25, 0.3) is 11.3 Å². The third-order valence-electron chi connectivity index (χ3n) is 3.97. The van der Waals surface area contributed by atoms with Crippen molar-refractivity contribution in [3.8, 4) is 17.0 Å². The molecule has 9 heteroatoms. The van der Waals surface area contributed by atoms with Gasteiger partial charge in [-0.25, -0.2) is 9.78 Å². The summed E-state index contributed by atoms with van der Waals surface area (Å²) in [5, 5.41) is 4.92. The summed E-state index contributed by atoms with van der Waals surface area (Å²) in [6.07, 6.45) is 1.40. The minimum atomic E-state index is -0.781. The quantitative estimate of drug-likeness (QED) is 0.623. The molecule has 148 valence electrons. The summed E-state index contributed by atoms with van der Waals surface area (Å²) in [6, 6.07) is 11.2. The van der Waals surface area contributed by atoms with Crippen LogP contribution < -0.4 is 15.4 Å². The van der Waals surface area contributed by atoms with Gasteiger partial charge in [0.25, 0.3) is 5.91 Å². The molecule has 7 nitrogen and oxygen atoms in total. The third-order valence-corrected chi connectivity index (χ3v) is 4.60. The van der Waals surface area contributed by atoms with Crippen molar-refractivity contribution in [1.82, 2.24) is 15.3 Å². The molecular weight excluding hydrogens is 415 g/mol. The second-order valence-electron chi connectivity index (χ2n) is 5.92. The van der Waals surface area contributed by atoms with Gasteiger partial charge in [0, 0.05) is 5.56 Å². The molecule has 0 bridgehead atoms. The molecule has 3 amide bonds. The number of hydrogen-bond donors (Lipinski definition) is 2. The summed E-state index contributed by atoms with van der Waals surface area (Å²) in [5.41, 5.74) is 2.14. The number of nitrogens with one attached hydrogen (secondary N) is 2. The molecule has 0 aliphatic heterocycles. The van der Waals surface area contributed by atoms with E-state index < -0.39 is 11.9 Å². The molecule has 0 fully saturated rings. The molecule has 2 N–H and O–H groups in total. The number of hydrogen-bond acceptors (Lipinski definition) is 5. The fraction of sp³-hybridized carbons (Fsp3) is 0.100. The van der Waals surface area contributed by atoms with E-state index in [9.17, 15) is 9.59 Å². The van der Waals surface area contributed by atoms with E-state index in [1.807, 2.05) is 24.3 Å². The highest BCUT2D eigenvalue weighted by Crippen LogP contribution is 2.25. The monoisotopic (exact) mass is 430 g/mol. The van der Waals surface area contributed by atoms with Crippen LogP contribution in [0, 0.1) is 6.92 Å². The molecule has 1 heterocycles. The van der Waals surface area contributed by atoms with Crippen molar-refractivity contribution in [3.63, 3.8) is 0 Å². The minimum absolute atomic E-state index is 0.0168. The maximum atomic E-state index is 12.3. The van der Waals surface area contributed by atoms with E-state index in [1.165, 1.54) is 18.3 Å². The van der Waals surface area contributed by atoms with Gasteiger partial charge in [0.1, 0.15) is 5.75 Å². The first-order valence-corrected chi connectivity index (χ1v) is 9.19. The predicted molar refractivity (Wildman–Crippen MR) is 112 cm³/mol. The van der Waals surface area contributed by atoms with Crippen LogP contribution in [-0.4, -0.2) is 29.0 Å². The average molecular weight is 431 g/mol. The van der Waals surface area contributed by atoms with Crippen LogP contribution in [0.15, 0.2) is 48.7 Å². The Hall–Kier alpha value is -3.16. The van der Waals surface area contributed by atoms with Crippen LogP contribution in [-0.2, 0) is 0 Å². The van der Waals surface area contributed by atoms with Gasteiger partial charge < -0.3 is 4.74 Å². The van der Waals surface area contributed by atoms with E-state index in [2.05, 4.69) is 20.6 Å². The van der Waals surface area contributed by atoms with Crippen molar-refractivity contribution in [1.29, 1.82) is 0 Å². The molecule has 0 aliphatic carbocycles. The lowest BCUT2D eigenvalue weighted by molar-refractivity contribution is 0.0967. The second-order valence-corrected chi connectivity index (χ2v) is 6.74. The lowest BCUT2D eigenvalue weighted by atomic mass is 10.1. The Morgan fingerprint density at radius 3 is 2.28 bits per heavy atom. The smallest absolute Gasteiger partial charge is 0.327 e. The number of urea groups is 1. The third kappa shape index (κ3) is 4.82. The molecule has 0 saturated carbocycles. The number of carbonyl (C=O) groups is 2. The van der Waals surface area contributed by atoms with Gasteiger partial charge in [-0.1, -0.05) is 29.3 Å². The maximum Gasteiger partial charge on any atom is 0.327 e. The summed E-state index contributed by atoms with van der Waals surface area (Å²) in [5.74, 6) is 0.200. The Bertz CT molecular complexity index is 1050. The number of methoxy groups -OCH3 is 1. The maximum absolute atomic E-state index is 12.3. The first-order chi connectivity index (χ1) is 13.9. The van der Waals surface area contributed by atoms with Crippen molar-refractivity contribution in [2.45, 2.75) is 6.92 Å². The van der Waals surface area contributed by atoms with E-state index in [-0.39, 0.29) is 21.4 Å². The topological polar surface area (TPSA) is 93.2 Å². The summed E-state index contributed by atoms with van der Waals surface area (Å²) >= 11 is 12.0. The Morgan fingerprint density at radius 2 is 1.69 bits per heavy atom. The van der Waals surface area contributed by atoms with E-state index in [0.717, 1.165) is 11.3 Å². The zero-order valence-electron chi connectivity index (χ0n) is 15.5.